The third-order valence-electron chi connectivity index (χ3n) is 10.7. The van der Waals surface area contributed by atoms with E-state index in [1.165, 1.54) is 257 Å². The van der Waals surface area contributed by atoms with Crippen molar-refractivity contribution in [3.8, 4) is 0 Å². The standard InChI is InChI=1S/C45H91NO2/c1-2-3-4-5-6-7-8-9-10-11-12-13-14-15-16-17-18-19-20-21-22-23-24-25-26-27-28-29-30-31-32-33-34-35-36-37-38-39-40-41-42-43-44-48-45(46)47/h2-44H2,1H3,(H2,46,47). The van der Waals surface area contributed by atoms with E-state index < -0.39 is 6.09 Å². The zero-order valence-electron chi connectivity index (χ0n) is 33.3. The molecule has 0 unspecified atom stereocenters. The van der Waals surface area contributed by atoms with Crippen LogP contribution in [0.15, 0.2) is 0 Å². The largest absolute Gasteiger partial charge is 0.450 e. The van der Waals surface area contributed by atoms with E-state index in [1.54, 1.807) is 0 Å². The van der Waals surface area contributed by atoms with Crippen molar-refractivity contribution in [2.24, 2.45) is 5.73 Å². The highest BCUT2D eigenvalue weighted by Gasteiger charge is 1.99. The number of nitrogens with two attached hydrogens (primary N) is 1. The summed E-state index contributed by atoms with van der Waals surface area (Å²) in [5.41, 5.74) is 4.96. The Bertz CT molecular complexity index is 579. The number of unbranched alkanes of at least 4 members (excludes halogenated alkanes) is 41. The fourth-order valence-electron chi connectivity index (χ4n) is 7.42. The predicted octanol–water partition coefficient (Wildman–Crippen LogP) is 16.5. The summed E-state index contributed by atoms with van der Waals surface area (Å²) < 4.78 is 4.76. The highest BCUT2D eigenvalue weighted by atomic mass is 16.5. The average Bonchev–Trinajstić information content (AvgIpc) is 3.08. The number of carbonyl (C=O) groups excluding carboxylic acids is 1. The van der Waals surface area contributed by atoms with E-state index in [0.717, 1.165) is 12.8 Å². The number of primary amides is 1. The molecule has 0 aromatic carbocycles. The van der Waals surface area contributed by atoms with Crippen LogP contribution < -0.4 is 5.73 Å². The molecule has 3 nitrogen and oxygen atoms in total. The van der Waals surface area contributed by atoms with Crippen LogP contribution in [0.25, 0.3) is 0 Å². The minimum Gasteiger partial charge on any atom is -0.450 e. The van der Waals surface area contributed by atoms with Gasteiger partial charge in [-0.15, -0.1) is 0 Å². The summed E-state index contributed by atoms with van der Waals surface area (Å²) in [6, 6.07) is 0. The summed E-state index contributed by atoms with van der Waals surface area (Å²) in [5, 5.41) is 0. The molecule has 0 aliphatic heterocycles. The van der Waals surface area contributed by atoms with Crippen LogP contribution in [0.5, 0.6) is 0 Å². The second-order valence-electron chi connectivity index (χ2n) is 15.7. The molecule has 1 amide bonds. The minimum atomic E-state index is -0.646. The van der Waals surface area contributed by atoms with E-state index >= 15 is 0 Å². The van der Waals surface area contributed by atoms with Crippen molar-refractivity contribution in [3.63, 3.8) is 0 Å². The Hall–Kier alpha value is -0.730. The molecule has 0 aromatic heterocycles. The quantitative estimate of drug-likeness (QED) is 0.0653. The first kappa shape index (κ1) is 47.3. The molecule has 0 aliphatic rings. The van der Waals surface area contributed by atoms with Crippen molar-refractivity contribution in [2.75, 3.05) is 6.61 Å². The van der Waals surface area contributed by atoms with Crippen LogP contribution in [-0.4, -0.2) is 12.7 Å². The third kappa shape index (κ3) is 45.3. The SMILES string of the molecule is CCCCCCCCCCCCCCCCCCCCCCCCCCCCCCCCCCCCCCCCCCCCOC(N)=O. The molecular formula is C45H91NO2. The van der Waals surface area contributed by atoms with Crippen molar-refractivity contribution < 1.29 is 9.53 Å². The monoisotopic (exact) mass is 678 g/mol. The lowest BCUT2D eigenvalue weighted by atomic mass is 10.0. The van der Waals surface area contributed by atoms with Crippen molar-refractivity contribution in [1.82, 2.24) is 0 Å². The van der Waals surface area contributed by atoms with Crippen molar-refractivity contribution >= 4 is 6.09 Å². The normalized spacial score (nSPS) is 11.4. The zero-order valence-corrected chi connectivity index (χ0v) is 33.3. The maximum Gasteiger partial charge on any atom is 0.404 e. The number of ether oxygens (including phenoxy) is 1. The molecule has 0 saturated heterocycles. The molecule has 48 heavy (non-hydrogen) atoms. The second kappa shape index (κ2) is 44.3. The summed E-state index contributed by atoms with van der Waals surface area (Å²) in [7, 11) is 0. The molecule has 3 heteroatoms. The maximum absolute atomic E-state index is 10.5. The van der Waals surface area contributed by atoms with E-state index in [4.69, 9.17) is 10.5 Å². The topological polar surface area (TPSA) is 52.3 Å². The molecule has 0 fully saturated rings. The lowest BCUT2D eigenvalue weighted by Gasteiger charge is -2.05. The van der Waals surface area contributed by atoms with Crippen LogP contribution >= 0.6 is 0 Å². The number of amides is 1. The molecule has 0 radical (unpaired) electrons. The van der Waals surface area contributed by atoms with Gasteiger partial charge in [0.1, 0.15) is 0 Å². The summed E-state index contributed by atoms with van der Waals surface area (Å²) in [6.45, 7) is 2.79. The Labute approximate surface area is 303 Å². The smallest absolute Gasteiger partial charge is 0.404 e. The van der Waals surface area contributed by atoms with Gasteiger partial charge < -0.3 is 10.5 Å². The molecule has 0 rings (SSSR count). The number of rotatable bonds is 43. The second-order valence-corrected chi connectivity index (χ2v) is 15.7. The Morgan fingerprint density at radius 3 is 0.583 bits per heavy atom. The van der Waals surface area contributed by atoms with Crippen LogP contribution in [0.4, 0.5) is 4.79 Å². The molecule has 2 N–H and O–H groups in total. The summed E-state index contributed by atoms with van der Waals surface area (Å²) in [5.74, 6) is 0. The molecule has 0 heterocycles. The Balaban J connectivity index is 3.04. The van der Waals surface area contributed by atoms with Crippen molar-refractivity contribution in [3.05, 3.63) is 0 Å². The van der Waals surface area contributed by atoms with Gasteiger partial charge in [0.05, 0.1) is 6.61 Å². The first-order valence-electron chi connectivity index (χ1n) is 22.7. The summed E-state index contributed by atoms with van der Waals surface area (Å²) in [4.78, 5) is 10.5. The van der Waals surface area contributed by atoms with Crippen LogP contribution in [-0.2, 0) is 4.74 Å². The number of hydrogen-bond acceptors (Lipinski definition) is 2. The van der Waals surface area contributed by atoms with Gasteiger partial charge in [-0.1, -0.05) is 270 Å². The molecule has 0 aromatic rings. The molecule has 0 atom stereocenters. The fourth-order valence-corrected chi connectivity index (χ4v) is 7.42. The Morgan fingerprint density at radius 1 is 0.292 bits per heavy atom. The van der Waals surface area contributed by atoms with Gasteiger partial charge in [0.25, 0.3) is 0 Å². The van der Waals surface area contributed by atoms with Gasteiger partial charge in [-0.2, -0.15) is 0 Å². The van der Waals surface area contributed by atoms with Crippen LogP contribution in [0, 0.1) is 0 Å². The Morgan fingerprint density at radius 2 is 0.438 bits per heavy atom. The van der Waals surface area contributed by atoms with Gasteiger partial charge in [0.15, 0.2) is 0 Å². The summed E-state index contributed by atoms with van der Waals surface area (Å²) >= 11 is 0. The molecule has 0 saturated carbocycles. The molecular weight excluding hydrogens is 587 g/mol. The zero-order chi connectivity index (χ0) is 34.7. The van der Waals surface area contributed by atoms with E-state index in [-0.39, 0.29) is 0 Å². The van der Waals surface area contributed by atoms with E-state index in [1.807, 2.05) is 0 Å². The van der Waals surface area contributed by atoms with Gasteiger partial charge in [-0.3, -0.25) is 0 Å². The van der Waals surface area contributed by atoms with Gasteiger partial charge in [-0.25, -0.2) is 4.79 Å². The third-order valence-corrected chi connectivity index (χ3v) is 10.7. The van der Waals surface area contributed by atoms with Gasteiger partial charge in [-0.05, 0) is 6.42 Å². The van der Waals surface area contributed by atoms with Gasteiger partial charge in [0, 0.05) is 0 Å². The van der Waals surface area contributed by atoms with Crippen molar-refractivity contribution in [1.29, 1.82) is 0 Å². The van der Waals surface area contributed by atoms with E-state index in [2.05, 4.69) is 6.92 Å². The first-order valence-corrected chi connectivity index (χ1v) is 22.7. The number of carbonyl (C=O) groups is 1. The highest BCUT2D eigenvalue weighted by molar-refractivity contribution is 5.64. The van der Waals surface area contributed by atoms with Crippen LogP contribution in [0.2, 0.25) is 0 Å². The lowest BCUT2D eigenvalue weighted by molar-refractivity contribution is 0.154. The molecule has 288 valence electrons. The van der Waals surface area contributed by atoms with Crippen LogP contribution in [0.3, 0.4) is 0 Å². The van der Waals surface area contributed by atoms with Crippen LogP contribution in [0.1, 0.15) is 277 Å². The molecule has 0 spiro atoms. The molecule has 0 bridgehead atoms. The average molecular weight is 678 g/mol. The lowest BCUT2D eigenvalue weighted by Crippen LogP contribution is -2.13. The van der Waals surface area contributed by atoms with Gasteiger partial charge in [0.2, 0.25) is 0 Å². The predicted molar refractivity (Wildman–Crippen MR) is 215 cm³/mol. The summed E-state index contributed by atoms with van der Waals surface area (Å²) in [6.07, 6.45) is 59.7. The fraction of sp³-hybridized carbons (Fsp3) is 0.978. The maximum atomic E-state index is 10.5. The Kier molecular flexibility index (Phi) is 43.6. The number of hydrogen-bond donors (Lipinski definition) is 1. The minimum absolute atomic E-state index is 0.481. The van der Waals surface area contributed by atoms with E-state index in [9.17, 15) is 4.79 Å². The van der Waals surface area contributed by atoms with E-state index in [0.29, 0.717) is 6.61 Å². The highest BCUT2D eigenvalue weighted by Crippen LogP contribution is 2.18. The first-order chi connectivity index (χ1) is 23.8. The van der Waals surface area contributed by atoms with Crippen molar-refractivity contribution in [2.45, 2.75) is 277 Å². The van der Waals surface area contributed by atoms with Gasteiger partial charge >= 0.3 is 6.09 Å². The molecule has 0 aliphatic carbocycles.